The molecule has 0 unspecified atom stereocenters. The van der Waals surface area contributed by atoms with Crippen LogP contribution in [0.1, 0.15) is 45.4 Å². The second kappa shape index (κ2) is 4.64. The van der Waals surface area contributed by atoms with E-state index in [9.17, 15) is 0 Å². The maximum absolute atomic E-state index is 5.43. The van der Waals surface area contributed by atoms with Crippen molar-refractivity contribution in [3.8, 4) is 0 Å². The van der Waals surface area contributed by atoms with Crippen LogP contribution in [0.25, 0.3) is 0 Å². The molecule has 0 radical (unpaired) electrons. The quantitative estimate of drug-likeness (QED) is 0.828. The minimum Gasteiger partial charge on any atom is -0.408 e. The first-order chi connectivity index (χ1) is 7.29. The number of rotatable bonds is 4. The minimum atomic E-state index is 0.442. The average molecular weight is 209 g/mol. The molecule has 1 aromatic rings. The van der Waals surface area contributed by atoms with Gasteiger partial charge in [-0.15, -0.1) is 5.10 Å². The first kappa shape index (κ1) is 10.5. The molecule has 1 fully saturated rings. The van der Waals surface area contributed by atoms with Crippen LogP contribution in [0, 0.1) is 5.92 Å². The average Bonchev–Trinajstić information content (AvgIpc) is 2.87. The highest BCUT2D eigenvalue weighted by Gasteiger charge is 2.22. The molecule has 0 aliphatic heterocycles. The van der Waals surface area contributed by atoms with E-state index >= 15 is 0 Å². The number of nitrogens with one attached hydrogen (secondary N) is 1. The highest BCUT2D eigenvalue weighted by Crippen LogP contribution is 2.28. The Bertz CT molecular complexity index is 305. The molecule has 1 saturated carbocycles. The summed E-state index contributed by atoms with van der Waals surface area (Å²) in [4.78, 5) is 0. The van der Waals surface area contributed by atoms with E-state index in [0.717, 1.165) is 12.3 Å². The van der Waals surface area contributed by atoms with E-state index in [-0.39, 0.29) is 0 Å². The molecule has 0 amide bonds. The lowest BCUT2D eigenvalue weighted by molar-refractivity contribution is 0.453. The highest BCUT2D eigenvalue weighted by atomic mass is 16.4. The van der Waals surface area contributed by atoms with Crippen LogP contribution in [0.4, 0.5) is 6.01 Å². The number of anilines is 1. The fraction of sp³-hybridized carbons (Fsp3) is 0.818. The van der Waals surface area contributed by atoms with Crippen LogP contribution in [0.5, 0.6) is 0 Å². The Kier molecular flexibility index (Phi) is 3.23. The summed E-state index contributed by atoms with van der Waals surface area (Å²) in [6.45, 7) is 4.21. The summed E-state index contributed by atoms with van der Waals surface area (Å²) in [6, 6.07) is 1.02. The van der Waals surface area contributed by atoms with Crippen LogP contribution in [0.15, 0.2) is 4.42 Å². The van der Waals surface area contributed by atoms with Crippen LogP contribution >= 0.6 is 0 Å². The SMILES string of the molecule is CCc1nnc(N[C@@H](C)C2CCCC2)o1. The van der Waals surface area contributed by atoms with Crippen LogP contribution in [-0.2, 0) is 6.42 Å². The van der Waals surface area contributed by atoms with Crippen molar-refractivity contribution in [2.24, 2.45) is 5.92 Å². The van der Waals surface area contributed by atoms with Gasteiger partial charge in [0.15, 0.2) is 0 Å². The largest absolute Gasteiger partial charge is 0.408 e. The van der Waals surface area contributed by atoms with Gasteiger partial charge in [0, 0.05) is 12.5 Å². The lowest BCUT2D eigenvalue weighted by atomic mass is 10.0. The van der Waals surface area contributed by atoms with E-state index in [1.807, 2.05) is 6.92 Å². The van der Waals surface area contributed by atoms with Gasteiger partial charge in [-0.25, -0.2) is 0 Å². The van der Waals surface area contributed by atoms with Crippen molar-refractivity contribution in [1.29, 1.82) is 0 Å². The summed E-state index contributed by atoms with van der Waals surface area (Å²) in [5.41, 5.74) is 0. The molecule has 1 atom stereocenters. The van der Waals surface area contributed by atoms with Gasteiger partial charge in [0.25, 0.3) is 0 Å². The van der Waals surface area contributed by atoms with Gasteiger partial charge in [0.05, 0.1) is 0 Å². The summed E-state index contributed by atoms with van der Waals surface area (Å²) in [6.07, 6.45) is 6.17. The molecule has 1 N–H and O–H groups in total. The number of hydrogen-bond acceptors (Lipinski definition) is 4. The van der Waals surface area contributed by atoms with E-state index in [0.29, 0.717) is 17.9 Å². The molecule has 4 nitrogen and oxygen atoms in total. The Hall–Kier alpha value is -1.06. The van der Waals surface area contributed by atoms with Crippen LogP contribution < -0.4 is 5.32 Å². The summed E-state index contributed by atoms with van der Waals surface area (Å²) in [5.74, 6) is 1.47. The van der Waals surface area contributed by atoms with Crippen molar-refractivity contribution >= 4 is 6.01 Å². The Labute approximate surface area is 90.5 Å². The Morgan fingerprint density at radius 1 is 1.40 bits per heavy atom. The molecule has 4 heteroatoms. The van der Waals surface area contributed by atoms with Crippen molar-refractivity contribution in [2.45, 2.75) is 52.0 Å². The van der Waals surface area contributed by atoms with Crippen molar-refractivity contribution in [2.75, 3.05) is 5.32 Å². The lowest BCUT2D eigenvalue weighted by Gasteiger charge is -2.18. The molecule has 0 spiro atoms. The van der Waals surface area contributed by atoms with Gasteiger partial charge in [0.2, 0.25) is 5.89 Å². The van der Waals surface area contributed by atoms with Gasteiger partial charge in [-0.2, -0.15) is 0 Å². The molecule has 2 rings (SSSR count). The molecular formula is C11H19N3O. The third-order valence-corrected chi connectivity index (χ3v) is 3.23. The normalized spacial score (nSPS) is 19.3. The van der Waals surface area contributed by atoms with Crippen LogP contribution in [-0.4, -0.2) is 16.2 Å². The van der Waals surface area contributed by atoms with Gasteiger partial charge < -0.3 is 9.73 Å². The van der Waals surface area contributed by atoms with Crippen LogP contribution in [0.3, 0.4) is 0 Å². The van der Waals surface area contributed by atoms with E-state index in [4.69, 9.17) is 4.42 Å². The van der Waals surface area contributed by atoms with Gasteiger partial charge in [-0.1, -0.05) is 24.9 Å². The lowest BCUT2D eigenvalue weighted by Crippen LogP contribution is -2.23. The first-order valence-electron chi connectivity index (χ1n) is 5.88. The molecule has 1 heterocycles. The molecule has 1 aliphatic carbocycles. The maximum Gasteiger partial charge on any atom is 0.315 e. The molecule has 1 aliphatic rings. The third kappa shape index (κ3) is 2.49. The van der Waals surface area contributed by atoms with Crippen LogP contribution in [0.2, 0.25) is 0 Å². The number of aryl methyl sites for hydroxylation is 1. The van der Waals surface area contributed by atoms with E-state index < -0.39 is 0 Å². The highest BCUT2D eigenvalue weighted by molar-refractivity contribution is 5.19. The molecule has 15 heavy (non-hydrogen) atoms. The molecule has 84 valence electrons. The maximum atomic E-state index is 5.43. The zero-order valence-electron chi connectivity index (χ0n) is 9.49. The monoisotopic (exact) mass is 209 g/mol. The number of hydrogen-bond donors (Lipinski definition) is 1. The fourth-order valence-corrected chi connectivity index (χ4v) is 2.22. The summed E-state index contributed by atoms with van der Waals surface area (Å²) < 4.78 is 5.43. The smallest absolute Gasteiger partial charge is 0.315 e. The fourth-order valence-electron chi connectivity index (χ4n) is 2.22. The zero-order valence-corrected chi connectivity index (χ0v) is 9.49. The molecule has 0 saturated heterocycles. The van der Waals surface area contributed by atoms with Crippen molar-refractivity contribution in [3.63, 3.8) is 0 Å². The standard InChI is InChI=1S/C11H19N3O/c1-3-10-13-14-11(15-10)12-8(2)9-6-4-5-7-9/h8-9H,3-7H2,1-2H3,(H,12,14)/t8-/m0/s1. The van der Waals surface area contributed by atoms with E-state index in [2.05, 4.69) is 22.4 Å². The Morgan fingerprint density at radius 3 is 2.73 bits per heavy atom. The van der Waals surface area contributed by atoms with E-state index in [1.54, 1.807) is 0 Å². The van der Waals surface area contributed by atoms with Gasteiger partial charge >= 0.3 is 6.01 Å². The van der Waals surface area contributed by atoms with E-state index in [1.165, 1.54) is 25.7 Å². The van der Waals surface area contributed by atoms with Crippen molar-refractivity contribution < 1.29 is 4.42 Å². The summed E-state index contributed by atoms with van der Waals surface area (Å²) in [5, 5.41) is 11.2. The number of nitrogens with zero attached hydrogens (tertiary/aromatic N) is 2. The third-order valence-electron chi connectivity index (χ3n) is 3.23. The second-order valence-corrected chi connectivity index (χ2v) is 4.33. The molecular weight excluding hydrogens is 190 g/mol. The molecule has 0 bridgehead atoms. The summed E-state index contributed by atoms with van der Waals surface area (Å²) >= 11 is 0. The van der Waals surface area contributed by atoms with Crippen molar-refractivity contribution in [1.82, 2.24) is 10.2 Å². The Balaban J connectivity index is 1.89. The Morgan fingerprint density at radius 2 is 2.13 bits per heavy atom. The zero-order chi connectivity index (χ0) is 10.7. The van der Waals surface area contributed by atoms with Gasteiger partial charge in [-0.3, -0.25) is 0 Å². The topological polar surface area (TPSA) is 51.0 Å². The first-order valence-corrected chi connectivity index (χ1v) is 5.88. The predicted octanol–water partition coefficient (Wildman–Crippen LogP) is 2.62. The summed E-state index contributed by atoms with van der Waals surface area (Å²) in [7, 11) is 0. The molecule has 0 aromatic carbocycles. The number of aromatic nitrogens is 2. The van der Waals surface area contributed by atoms with Gasteiger partial charge in [-0.05, 0) is 25.7 Å². The van der Waals surface area contributed by atoms with Crippen molar-refractivity contribution in [3.05, 3.63) is 5.89 Å². The second-order valence-electron chi connectivity index (χ2n) is 4.33. The predicted molar refractivity (Wildman–Crippen MR) is 58.7 cm³/mol. The van der Waals surface area contributed by atoms with Gasteiger partial charge in [0.1, 0.15) is 0 Å². The molecule has 1 aromatic heterocycles. The minimum absolute atomic E-state index is 0.442.